The van der Waals surface area contributed by atoms with E-state index < -0.39 is 0 Å². The Morgan fingerprint density at radius 1 is 1.21 bits per heavy atom. The number of H-pyrrole nitrogens is 1. The van der Waals surface area contributed by atoms with Gasteiger partial charge in [-0.15, -0.1) is 0 Å². The molecule has 1 amide bonds. The molecule has 0 aliphatic carbocycles. The Morgan fingerprint density at radius 3 is 2.94 bits per heavy atom. The van der Waals surface area contributed by atoms with Crippen LogP contribution in [0.15, 0.2) is 65.2 Å². The third-order valence-corrected chi connectivity index (χ3v) is 6.09. The van der Waals surface area contributed by atoms with E-state index >= 15 is 0 Å². The Morgan fingerprint density at radius 2 is 2.09 bits per heavy atom. The number of rotatable bonds is 6. The standard InChI is InChI=1S/C26H25FN4O3/c1-33-18-8-6-7-17(13-18)14-19-16-28-25(34-19)24-11-4-5-12-31(24)26(32)23-15-22(29-30-23)20-9-2-3-10-21(20)27/h2-3,6-10,13,15-16,24H,4-5,11-12,14H2,1H3,(H,29,30)/t24-/m0/s1. The summed E-state index contributed by atoms with van der Waals surface area (Å²) < 4.78 is 25.5. The van der Waals surface area contributed by atoms with Crippen LogP contribution in [0.25, 0.3) is 11.3 Å². The number of nitrogens with one attached hydrogen (secondary N) is 1. The molecule has 4 aromatic rings. The van der Waals surface area contributed by atoms with Crippen LogP contribution in [-0.4, -0.2) is 39.6 Å². The van der Waals surface area contributed by atoms with Crippen LogP contribution in [0.3, 0.4) is 0 Å². The molecule has 1 aliphatic heterocycles. The number of oxazole rings is 1. The van der Waals surface area contributed by atoms with E-state index in [0.29, 0.717) is 35.8 Å². The molecule has 1 saturated heterocycles. The molecule has 0 unspecified atom stereocenters. The van der Waals surface area contributed by atoms with Crippen LogP contribution in [0, 0.1) is 5.82 Å². The van der Waals surface area contributed by atoms with Crippen LogP contribution >= 0.6 is 0 Å². The van der Waals surface area contributed by atoms with Gasteiger partial charge < -0.3 is 14.1 Å². The number of methoxy groups -OCH3 is 1. The molecule has 0 bridgehead atoms. The number of aromatic nitrogens is 3. The van der Waals surface area contributed by atoms with Crippen molar-refractivity contribution in [3.63, 3.8) is 0 Å². The number of halogens is 1. The van der Waals surface area contributed by atoms with Gasteiger partial charge in [-0.1, -0.05) is 24.3 Å². The lowest BCUT2D eigenvalue weighted by atomic mass is 10.0. The zero-order valence-corrected chi connectivity index (χ0v) is 18.8. The van der Waals surface area contributed by atoms with Crippen molar-refractivity contribution in [3.05, 3.63) is 89.5 Å². The molecule has 174 valence electrons. The molecule has 3 heterocycles. The molecular weight excluding hydrogens is 435 g/mol. The van der Waals surface area contributed by atoms with Crippen molar-refractivity contribution < 1.29 is 18.3 Å². The van der Waals surface area contributed by atoms with Gasteiger partial charge in [0, 0.05) is 18.5 Å². The molecule has 0 saturated carbocycles. The molecular formula is C26H25FN4O3. The second-order valence-corrected chi connectivity index (χ2v) is 8.35. The van der Waals surface area contributed by atoms with Gasteiger partial charge in [-0.2, -0.15) is 5.10 Å². The molecule has 5 rings (SSSR count). The summed E-state index contributed by atoms with van der Waals surface area (Å²) in [4.78, 5) is 19.6. The average Bonchev–Trinajstić information content (AvgIpc) is 3.54. The van der Waals surface area contributed by atoms with Crippen LogP contribution in [0.1, 0.15) is 53.0 Å². The SMILES string of the molecule is COc1cccc(Cc2cnc([C@@H]3CCCCN3C(=O)c3cc(-c4ccccc4F)n[nH]3)o2)c1. The van der Waals surface area contributed by atoms with Crippen molar-refractivity contribution in [2.24, 2.45) is 0 Å². The number of hydrogen-bond acceptors (Lipinski definition) is 5. The number of amides is 1. The number of piperidine rings is 1. The van der Waals surface area contributed by atoms with E-state index in [2.05, 4.69) is 15.2 Å². The maximum absolute atomic E-state index is 14.1. The monoisotopic (exact) mass is 460 g/mol. The summed E-state index contributed by atoms with van der Waals surface area (Å²) in [6.07, 6.45) is 4.94. The Hall–Kier alpha value is -3.94. The minimum atomic E-state index is -0.382. The molecule has 0 radical (unpaired) electrons. The first-order valence-electron chi connectivity index (χ1n) is 11.3. The minimum Gasteiger partial charge on any atom is -0.497 e. The number of aromatic amines is 1. The number of hydrogen-bond donors (Lipinski definition) is 1. The van der Waals surface area contributed by atoms with Crippen molar-refractivity contribution in [3.8, 4) is 17.0 Å². The zero-order valence-electron chi connectivity index (χ0n) is 18.8. The van der Waals surface area contributed by atoms with E-state index in [1.165, 1.54) is 6.07 Å². The fourth-order valence-corrected chi connectivity index (χ4v) is 4.37. The topological polar surface area (TPSA) is 84.2 Å². The first-order chi connectivity index (χ1) is 16.6. The fraction of sp³-hybridized carbons (Fsp3) is 0.269. The smallest absolute Gasteiger partial charge is 0.272 e. The highest BCUT2D eigenvalue weighted by Crippen LogP contribution is 2.33. The second kappa shape index (κ2) is 9.51. The Kier molecular flexibility index (Phi) is 6.12. The lowest BCUT2D eigenvalue weighted by Crippen LogP contribution is -2.38. The highest BCUT2D eigenvalue weighted by molar-refractivity contribution is 5.93. The van der Waals surface area contributed by atoms with Gasteiger partial charge in [-0.05, 0) is 55.2 Å². The summed E-state index contributed by atoms with van der Waals surface area (Å²) in [6, 6.07) is 15.5. The third kappa shape index (κ3) is 4.44. The quantitative estimate of drug-likeness (QED) is 0.429. The van der Waals surface area contributed by atoms with Gasteiger partial charge in [0.1, 0.15) is 29.1 Å². The molecule has 1 atom stereocenters. The van der Waals surface area contributed by atoms with Gasteiger partial charge in [0.25, 0.3) is 5.91 Å². The molecule has 1 aliphatic rings. The van der Waals surface area contributed by atoms with Crippen molar-refractivity contribution in [1.82, 2.24) is 20.1 Å². The Balaban J connectivity index is 1.35. The summed E-state index contributed by atoms with van der Waals surface area (Å²) in [6.45, 7) is 0.588. The van der Waals surface area contributed by atoms with E-state index in [0.717, 1.165) is 36.3 Å². The van der Waals surface area contributed by atoms with Gasteiger partial charge >= 0.3 is 0 Å². The average molecular weight is 461 g/mol. The minimum absolute atomic E-state index is 0.202. The molecule has 34 heavy (non-hydrogen) atoms. The third-order valence-electron chi connectivity index (χ3n) is 6.09. The zero-order chi connectivity index (χ0) is 23.5. The summed E-state index contributed by atoms with van der Waals surface area (Å²) >= 11 is 0. The normalized spacial score (nSPS) is 15.9. The summed E-state index contributed by atoms with van der Waals surface area (Å²) in [7, 11) is 1.64. The van der Waals surface area contributed by atoms with Gasteiger partial charge in [-0.3, -0.25) is 9.89 Å². The summed E-state index contributed by atoms with van der Waals surface area (Å²) in [5, 5.41) is 6.94. The number of carbonyl (C=O) groups is 1. The molecule has 8 heteroatoms. The Labute approximate surface area is 196 Å². The predicted molar refractivity (Wildman–Crippen MR) is 124 cm³/mol. The van der Waals surface area contributed by atoms with Gasteiger partial charge in [0.15, 0.2) is 0 Å². The maximum atomic E-state index is 14.1. The van der Waals surface area contributed by atoms with Crippen LogP contribution in [0.5, 0.6) is 5.75 Å². The van der Waals surface area contributed by atoms with E-state index in [1.807, 2.05) is 24.3 Å². The van der Waals surface area contributed by atoms with Gasteiger partial charge in [0.2, 0.25) is 5.89 Å². The van der Waals surface area contributed by atoms with E-state index in [1.54, 1.807) is 42.5 Å². The van der Waals surface area contributed by atoms with Crippen molar-refractivity contribution in [1.29, 1.82) is 0 Å². The van der Waals surface area contributed by atoms with E-state index in [4.69, 9.17) is 9.15 Å². The molecule has 1 fully saturated rings. The lowest BCUT2D eigenvalue weighted by Gasteiger charge is -2.33. The first-order valence-corrected chi connectivity index (χ1v) is 11.3. The fourth-order valence-electron chi connectivity index (χ4n) is 4.37. The number of ether oxygens (including phenoxy) is 1. The maximum Gasteiger partial charge on any atom is 0.272 e. The number of benzene rings is 2. The van der Waals surface area contributed by atoms with Crippen LogP contribution < -0.4 is 4.74 Å². The number of likely N-dealkylation sites (tertiary alicyclic amines) is 1. The first kappa shape index (κ1) is 21.9. The largest absolute Gasteiger partial charge is 0.497 e. The highest BCUT2D eigenvalue weighted by atomic mass is 19.1. The van der Waals surface area contributed by atoms with Crippen LogP contribution in [0.4, 0.5) is 4.39 Å². The van der Waals surface area contributed by atoms with E-state index in [9.17, 15) is 9.18 Å². The molecule has 7 nitrogen and oxygen atoms in total. The van der Waals surface area contributed by atoms with Gasteiger partial charge in [-0.25, -0.2) is 9.37 Å². The molecule has 2 aromatic heterocycles. The van der Waals surface area contributed by atoms with Crippen LogP contribution in [0.2, 0.25) is 0 Å². The molecule has 0 spiro atoms. The predicted octanol–water partition coefficient (Wildman–Crippen LogP) is 5.17. The number of carbonyl (C=O) groups excluding carboxylic acids is 1. The molecule has 1 N–H and O–H groups in total. The van der Waals surface area contributed by atoms with E-state index in [-0.39, 0.29) is 17.8 Å². The summed E-state index contributed by atoms with van der Waals surface area (Å²) in [5.41, 5.74) is 2.11. The molecule has 2 aromatic carbocycles. The van der Waals surface area contributed by atoms with Crippen molar-refractivity contribution >= 4 is 5.91 Å². The van der Waals surface area contributed by atoms with Crippen molar-refractivity contribution in [2.75, 3.05) is 13.7 Å². The number of nitrogens with zero attached hydrogens (tertiary/aromatic N) is 3. The van der Waals surface area contributed by atoms with Crippen LogP contribution in [-0.2, 0) is 6.42 Å². The summed E-state index contributed by atoms with van der Waals surface area (Å²) in [5.74, 6) is 1.46. The van der Waals surface area contributed by atoms with Gasteiger partial charge in [0.05, 0.1) is 19.0 Å². The second-order valence-electron chi connectivity index (χ2n) is 8.35. The highest BCUT2D eigenvalue weighted by Gasteiger charge is 2.33. The van der Waals surface area contributed by atoms with Crippen molar-refractivity contribution in [2.45, 2.75) is 31.7 Å². The Bertz CT molecular complexity index is 1300. The lowest BCUT2D eigenvalue weighted by molar-refractivity contribution is 0.0564.